The van der Waals surface area contributed by atoms with Crippen LogP contribution in [0.5, 0.6) is 0 Å². The van der Waals surface area contributed by atoms with Gasteiger partial charge < -0.3 is 10.4 Å². The van der Waals surface area contributed by atoms with Crippen LogP contribution in [0.3, 0.4) is 0 Å². The molecule has 2 aliphatic rings. The van der Waals surface area contributed by atoms with Crippen LogP contribution in [-0.2, 0) is 11.3 Å². The Balaban J connectivity index is 1.56. The maximum absolute atomic E-state index is 11.4. The van der Waals surface area contributed by atoms with E-state index >= 15 is 0 Å². The highest BCUT2D eigenvalue weighted by molar-refractivity contribution is 7.10. The first-order chi connectivity index (χ1) is 10.2. The molecule has 0 bridgehead atoms. The Hall–Kier alpha value is -1.35. The maximum Gasteiger partial charge on any atom is 0.220 e. The molecular formula is C16H20N2O2S. The molecule has 1 aromatic heterocycles. The van der Waals surface area contributed by atoms with Crippen molar-refractivity contribution in [3.8, 4) is 11.8 Å². The Bertz CT molecular complexity index is 572. The molecule has 2 unspecified atom stereocenters. The van der Waals surface area contributed by atoms with Crippen molar-refractivity contribution in [1.82, 2.24) is 10.2 Å². The molecule has 0 aliphatic carbocycles. The number of thiophene rings is 1. The van der Waals surface area contributed by atoms with Crippen molar-refractivity contribution in [3.05, 3.63) is 21.9 Å². The number of hydrogen-bond donors (Lipinski definition) is 2. The zero-order valence-corrected chi connectivity index (χ0v) is 12.8. The Morgan fingerprint density at radius 1 is 1.48 bits per heavy atom. The first-order valence-corrected chi connectivity index (χ1v) is 8.31. The Labute approximate surface area is 129 Å². The van der Waals surface area contributed by atoms with E-state index in [9.17, 15) is 4.79 Å². The molecule has 2 N–H and O–H groups in total. The molecule has 112 valence electrons. The second kappa shape index (κ2) is 6.61. The highest BCUT2D eigenvalue weighted by atomic mass is 32.1. The van der Waals surface area contributed by atoms with Crippen LogP contribution in [0.15, 0.2) is 11.4 Å². The van der Waals surface area contributed by atoms with E-state index in [0.717, 1.165) is 38.0 Å². The van der Waals surface area contributed by atoms with Gasteiger partial charge in [-0.1, -0.05) is 11.8 Å². The second-order valence-electron chi connectivity index (χ2n) is 5.76. The van der Waals surface area contributed by atoms with Crippen molar-refractivity contribution >= 4 is 17.2 Å². The molecule has 0 radical (unpaired) electrons. The van der Waals surface area contributed by atoms with Gasteiger partial charge in [0.1, 0.15) is 6.61 Å². The zero-order valence-electron chi connectivity index (χ0n) is 12.0. The van der Waals surface area contributed by atoms with Crippen LogP contribution in [0.25, 0.3) is 0 Å². The topological polar surface area (TPSA) is 52.6 Å². The molecule has 0 aromatic carbocycles. The van der Waals surface area contributed by atoms with Crippen LogP contribution < -0.4 is 5.32 Å². The number of rotatable bonds is 2. The summed E-state index contributed by atoms with van der Waals surface area (Å²) in [5.74, 6) is 6.45. The second-order valence-corrected chi connectivity index (χ2v) is 6.75. The Morgan fingerprint density at radius 2 is 2.38 bits per heavy atom. The van der Waals surface area contributed by atoms with Gasteiger partial charge in [0.25, 0.3) is 0 Å². The van der Waals surface area contributed by atoms with Gasteiger partial charge in [0.2, 0.25) is 5.91 Å². The fraction of sp³-hybridized carbons (Fsp3) is 0.562. The van der Waals surface area contributed by atoms with Crippen LogP contribution in [0.4, 0.5) is 0 Å². The minimum atomic E-state index is -0.0912. The summed E-state index contributed by atoms with van der Waals surface area (Å²) in [6.07, 6.45) is 2.75. The predicted molar refractivity (Wildman–Crippen MR) is 82.8 cm³/mol. The number of carbonyl (C=O) groups is 1. The van der Waals surface area contributed by atoms with Crippen LogP contribution in [0.1, 0.15) is 29.7 Å². The molecule has 0 spiro atoms. The fourth-order valence-electron chi connectivity index (χ4n) is 3.22. The smallest absolute Gasteiger partial charge is 0.220 e. The van der Waals surface area contributed by atoms with E-state index in [1.807, 2.05) is 5.38 Å². The Morgan fingerprint density at radius 3 is 3.24 bits per heavy atom. The van der Waals surface area contributed by atoms with Gasteiger partial charge in [0.05, 0.1) is 0 Å². The minimum Gasteiger partial charge on any atom is -0.384 e. The van der Waals surface area contributed by atoms with E-state index in [4.69, 9.17) is 5.11 Å². The molecule has 5 heteroatoms. The summed E-state index contributed by atoms with van der Waals surface area (Å²) in [5, 5.41) is 13.9. The maximum atomic E-state index is 11.4. The van der Waals surface area contributed by atoms with Crippen LogP contribution >= 0.6 is 11.3 Å². The van der Waals surface area contributed by atoms with Gasteiger partial charge in [0, 0.05) is 47.9 Å². The molecule has 1 amide bonds. The number of aliphatic hydroxyl groups is 1. The lowest BCUT2D eigenvalue weighted by molar-refractivity contribution is -0.125. The molecule has 1 aromatic rings. The number of piperidine rings is 2. The lowest BCUT2D eigenvalue weighted by Gasteiger charge is -2.41. The van der Waals surface area contributed by atoms with E-state index in [2.05, 4.69) is 28.1 Å². The van der Waals surface area contributed by atoms with Crippen molar-refractivity contribution in [2.45, 2.75) is 31.8 Å². The molecule has 2 aliphatic heterocycles. The third-order valence-corrected chi connectivity index (χ3v) is 5.17. The predicted octanol–water partition coefficient (Wildman–Crippen LogP) is 1.19. The van der Waals surface area contributed by atoms with E-state index in [-0.39, 0.29) is 12.5 Å². The van der Waals surface area contributed by atoms with Crippen LogP contribution in [0.2, 0.25) is 0 Å². The molecule has 0 saturated carbocycles. The quantitative estimate of drug-likeness (QED) is 0.807. The van der Waals surface area contributed by atoms with Gasteiger partial charge in [-0.25, -0.2) is 0 Å². The number of amides is 1. The summed E-state index contributed by atoms with van der Waals surface area (Å²) in [7, 11) is 0. The van der Waals surface area contributed by atoms with Gasteiger partial charge in [-0.15, -0.1) is 11.3 Å². The molecule has 4 nitrogen and oxygen atoms in total. The number of nitrogens with one attached hydrogen (secondary N) is 1. The van der Waals surface area contributed by atoms with Crippen LogP contribution in [-0.4, -0.2) is 41.7 Å². The summed E-state index contributed by atoms with van der Waals surface area (Å²) in [6.45, 7) is 2.98. The first kappa shape index (κ1) is 14.6. The summed E-state index contributed by atoms with van der Waals surface area (Å²) >= 11 is 1.73. The van der Waals surface area contributed by atoms with Crippen molar-refractivity contribution in [1.29, 1.82) is 0 Å². The van der Waals surface area contributed by atoms with Gasteiger partial charge in [-0.3, -0.25) is 9.69 Å². The van der Waals surface area contributed by atoms with Crippen molar-refractivity contribution in [3.63, 3.8) is 0 Å². The summed E-state index contributed by atoms with van der Waals surface area (Å²) < 4.78 is 0. The molecule has 3 rings (SSSR count). The number of hydrogen-bond acceptors (Lipinski definition) is 4. The van der Waals surface area contributed by atoms with Crippen molar-refractivity contribution in [2.75, 3.05) is 19.7 Å². The number of aliphatic hydroxyl groups excluding tert-OH is 1. The molecule has 2 fully saturated rings. The average Bonchev–Trinajstić information content (AvgIpc) is 2.93. The molecule has 21 heavy (non-hydrogen) atoms. The first-order valence-electron chi connectivity index (χ1n) is 7.43. The van der Waals surface area contributed by atoms with Gasteiger partial charge in [-0.2, -0.15) is 0 Å². The lowest BCUT2D eigenvalue weighted by Crippen LogP contribution is -2.53. The molecular weight excluding hydrogens is 284 g/mol. The number of carbonyl (C=O) groups excluding carboxylic acids is 1. The van der Waals surface area contributed by atoms with E-state index in [1.54, 1.807) is 11.3 Å². The number of nitrogens with zero attached hydrogens (tertiary/aromatic N) is 1. The summed E-state index contributed by atoms with van der Waals surface area (Å²) in [4.78, 5) is 15.2. The highest BCUT2D eigenvalue weighted by Gasteiger charge is 2.33. The average molecular weight is 304 g/mol. The third-order valence-electron chi connectivity index (χ3n) is 4.25. The van der Waals surface area contributed by atoms with Gasteiger partial charge >= 0.3 is 0 Å². The van der Waals surface area contributed by atoms with Crippen LogP contribution in [0, 0.1) is 17.8 Å². The summed E-state index contributed by atoms with van der Waals surface area (Å²) in [6, 6.07) is 2.50. The molecule has 2 atom stereocenters. The minimum absolute atomic E-state index is 0.0912. The molecule has 2 saturated heterocycles. The van der Waals surface area contributed by atoms with Crippen molar-refractivity contribution in [2.24, 2.45) is 5.92 Å². The molecule has 3 heterocycles. The number of likely N-dealkylation sites (tertiary alicyclic amines) is 1. The zero-order chi connectivity index (χ0) is 14.7. The SMILES string of the molecule is O=C1CCC2CN(Cc3cc(C#CCO)cs3)CCC2N1. The number of fused-ring (bicyclic) bond motifs is 1. The van der Waals surface area contributed by atoms with Crippen molar-refractivity contribution < 1.29 is 9.90 Å². The fourth-order valence-corrected chi connectivity index (χ4v) is 4.08. The Kier molecular flexibility index (Phi) is 4.59. The van der Waals surface area contributed by atoms with Gasteiger partial charge in [0.15, 0.2) is 0 Å². The highest BCUT2D eigenvalue weighted by Crippen LogP contribution is 2.27. The lowest BCUT2D eigenvalue weighted by atomic mass is 9.85. The van der Waals surface area contributed by atoms with E-state index in [1.165, 1.54) is 4.88 Å². The standard InChI is InChI=1S/C16H20N2O2S/c19-7-1-2-12-8-14(21-11-12)10-18-6-5-15-13(9-18)3-4-16(20)17-15/h8,11,13,15,19H,3-7,9-10H2,(H,17,20). The van der Waals surface area contributed by atoms with E-state index < -0.39 is 0 Å². The third kappa shape index (κ3) is 3.65. The normalized spacial score (nSPS) is 25.7. The largest absolute Gasteiger partial charge is 0.384 e. The van der Waals surface area contributed by atoms with E-state index in [0.29, 0.717) is 18.4 Å². The summed E-state index contributed by atoms with van der Waals surface area (Å²) in [5.41, 5.74) is 0.990. The van der Waals surface area contributed by atoms with Gasteiger partial charge in [-0.05, 0) is 24.8 Å². The monoisotopic (exact) mass is 304 g/mol.